The molecule has 44 heavy (non-hydrogen) atoms. The van der Waals surface area contributed by atoms with Gasteiger partial charge in [-0.2, -0.15) is 0 Å². The lowest BCUT2D eigenvalue weighted by atomic mass is 9.71. The molecule has 0 bridgehead atoms. The van der Waals surface area contributed by atoms with Gasteiger partial charge in [-0.25, -0.2) is 4.39 Å². The number of hydrogen-bond acceptors (Lipinski definition) is 5. The van der Waals surface area contributed by atoms with E-state index < -0.39 is 6.04 Å². The fourth-order valence-corrected chi connectivity index (χ4v) is 8.23. The Balaban J connectivity index is 0.932. The molecule has 1 atom stereocenters. The fraction of sp³-hybridized carbons (Fsp3) is 0.528. The van der Waals surface area contributed by atoms with Crippen molar-refractivity contribution in [1.29, 1.82) is 0 Å². The van der Waals surface area contributed by atoms with E-state index in [2.05, 4.69) is 41.1 Å². The number of imide groups is 1. The van der Waals surface area contributed by atoms with E-state index in [1.165, 1.54) is 41.5 Å². The summed E-state index contributed by atoms with van der Waals surface area (Å²) in [4.78, 5) is 43.7. The Hall–Kier alpha value is -3.36. The first-order valence-corrected chi connectivity index (χ1v) is 16.2. The van der Waals surface area contributed by atoms with E-state index in [0.717, 1.165) is 57.7 Å². The van der Waals surface area contributed by atoms with Crippen LogP contribution in [0.4, 0.5) is 4.39 Å². The third-order valence-corrected chi connectivity index (χ3v) is 10.8. The maximum absolute atomic E-state index is 13.6. The van der Waals surface area contributed by atoms with Gasteiger partial charge in [-0.1, -0.05) is 43.7 Å². The minimum absolute atomic E-state index is 0.117. The molecule has 8 heteroatoms. The minimum Gasteiger partial charge on any atom is -0.322 e. The van der Waals surface area contributed by atoms with Gasteiger partial charge in [-0.3, -0.25) is 29.5 Å². The number of fused-ring (bicyclic) bond motifs is 1. The number of halogens is 1. The summed E-state index contributed by atoms with van der Waals surface area (Å²) in [5.41, 5.74) is 7.66. The van der Waals surface area contributed by atoms with Crippen LogP contribution in [0.3, 0.4) is 0 Å². The lowest BCUT2D eigenvalue weighted by molar-refractivity contribution is -0.136. The molecular weight excluding hydrogens is 555 g/mol. The normalized spacial score (nSPS) is 25.3. The third kappa shape index (κ3) is 5.74. The van der Waals surface area contributed by atoms with Gasteiger partial charge in [0.05, 0.1) is 0 Å². The average molecular weight is 599 g/mol. The number of rotatable bonds is 6. The van der Waals surface area contributed by atoms with Crippen LogP contribution in [0, 0.1) is 16.6 Å². The number of carbonyl (C=O) groups is 3. The highest BCUT2D eigenvalue weighted by atomic mass is 19.1. The maximum Gasteiger partial charge on any atom is 0.255 e. The Bertz CT molecular complexity index is 1510. The van der Waals surface area contributed by atoms with Gasteiger partial charge in [0, 0.05) is 44.7 Å². The molecule has 7 rings (SSSR count). The molecule has 1 unspecified atom stereocenters. The second-order valence-corrected chi connectivity index (χ2v) is 14.7. The molecule has 232 valence electrons. The van der Waals surface area contributed by atoms with Crippen molar-refractivity contribution in [3.63, 3.8) is 0 Å². The van der Waals surface area contributed by atoms with Crippen LogP contribution in [0.1, 0.15) is 85.8 Å². The number of amides is 3. The summed E-state index contributed by atoms with van der Waals surface area (Å²) >= 11 is 0. The van der Waals surface area contributed by atoms with Gasteiger partial charge in [0.1, 0.15) is 11.9 Å². The molecule has 1 spiro atoms. The Morgan fingerprint density at radius 1 is 0.909 bits per heavy atom. The maximum atomic E-state index is 13.6. The summed E-state index contributed by atoms with van der Waals surface area (Å²) in [5, 5.41) is 2.38. The lowest BCUT2D eigenvalue weighted by Crippen LogP contribution is -2.59. The number of nitrogens with zero attached hydrogens (tertiary/aromatic N) is 3. The SMILES string of the molecule is CC1(C)CCC(CN2CCC3(CC2)CN(Cc2ccc4c(c2)CN(C2CCC(=O)NC2=O)C4=O)C3)=C(c2ccc(F)cc2)C1. The van der Waals surface area contributed by atoms with E-state index in [4.69, 9.17) is 0 Å². The highest BCUT2D eigenvalue weighted by molar-refractivity contribution is 6.05. The molecule has 1 aliphatic carbocycles. The van der Waals surface area contributed by atoms with Crippen LogP contribution >= 0.6 is 0 Å². The van der Waals surface area contributed by atoms with Gasteiger partial charge in [0.2, 0.25) is 11.8 Å². The molecule has 0 saturated carbocycles. The summed E-state index contributed by atoms with van der Waals surface area (Å²) in [6.45, 7) is 11.5. The number of allylic oxidation sites excluding steroid dienone is 1. The zero-order valence-corrected chi connectivity index (χ0v) is 26.0. The van der Waals surface area contributed by atoms with Crippen LogP contribution in [0.5, 0.6) is 0 Å². The molecule has 4 heterocycles. The van der Waals surface area contributed by atoms with Crippen LogP contribution in [-0.4, -0.2) is 71.2 Å². The third-order valence-electron chi connectivity index (χ3n) is 10.8. The first-order valence-electron chi connectivity index (χ1n) is 16.2. The molecule has 0 aromatic heterocycles. The smallest absolute Gasteiger partial charge is 0.255 e. The number of nitrogens with one attached hydrogen (secondary N) is 1. The summed E-state index contributed by atoms with van der Waals surface area (Å²) < 4.78 is 13.6. The zero-order chi connectivity index (χ0) is 30.6. The summed E-state index contributed by atoms with van der Waals surface area (Å²) in [5.74, 6) is -0.928. The van der Waals surface area contributed by atoms with E-state index in [0.29, 0.717) is 23.9 Å². The van der Waals surface area contributed by atoms with Crippen LogP contribution in [0.15, 0.2) is 48.0 Å². The average Bonchev–Trinajstić information content (AvgIpc) is 3.29. The number of carbonyl (C=O) groups excluding carboxylic acids is 3. The molecule has 1 N–H and O–H groups in total. The van der Waals surface area contributed by atoms with Gasteiger partial charge in [0.15, 0.2) is 0 Å². The number of likely N-dealkylation sites (tertiary alicyclic amines) is 2. The van der Waals surface area contributed by atoms with Crippen LogP contribution in [0.25, 0.3) is 5.57 Å². The van der Waals surface area contributed by atoms with Crippen molar-refractivity contribution >= 4 is 23.3 Å². The van der Waals surface area contributed by atoms with Crippen molar-refractivity contribution in [1.82, 2.24) is 20.0 Å². The van der Waals surface area contributed by atoms with E-state index >= 15 is 0 Å². The van der Waals surface area contributed by atoms with Crippen molar-refractivity contribution in [2.75, 3.05) is 32.7 Å². The van der Waals surface area contributed by atoms with E-state index in [-0.39, 0.29) is 35.4 Å². The topological polar surface area (TPSA) is 73.0 Å². The first kappa shape index (κ1) is 29.4. The zero-order valence-electron chi connectivity index (χ0n) is 26.0. The summed E-state index contributed by atoms with van der Waals surface area (Å²) in [7, 11) is 0. The molecule has 5 aliphatic rings. The minimum atomic E-state index is -0.576. The van der Waals surface area contributed by atoms with Gasteiger partial charge >= 0.3 is 0 Å². The predicted molar refractivity (Wildman–Crippen MR) is 167 cm³/mol. The monoisotopic (exact) mass is 598 g/mol. The van der Waals surface area contributed by atoms with Crippen molar-refractivity contribution in [2.45, 2.75) is 77.9 Å². The van der Waals surface area contributed by atoms with Gasteiger partial charge < -0.3 is 4.90 Å². The standard InChI is InChI=1S/C36H43FN4O3/c1-35(2)12-11-26(30(18-35)25-4-6-28(37)7-5-25)20-39-15-13-36(14-16-39)22-40(23-36)19-24-3-8-29-27(17-24)21-41(34(29)44)31-9-10-32(42)38-33(31)43/h3-8,17,31H,9-16,18-23H2,1-2H3,(H,38,42,43). The van der Waals surface area contributed by atoms with Gasteiger partial charge in [-0.05, 0) is 103 Å². The molecule has 0 radical (unpaired) electrons. The van der Waals surface area contributed by atoms with E-state index in [1.807, 2.05) is 18.2 Å². The molecule has 2 aromatic rings. The second kappa shape index (κ2) is 11.2. The van der Waals surface area contributed by atoms with Crippen molar-refractivity contribution < 1.29 is 18.8 Å². The lowest BCUT2D eigenvalue weighted by Gasteiger charge is -2.54. The molecule has 2 aromatic carbocycles. The molecule has 4 aliphatic heterocycles. The summed E-state index contributed by atoms with van der Waals surface area (Å²) in [6.07, 6.45) is 6.45. The predicted octanol–water partition coefficient (Wildman–Crippen LogP) is 5.15. The van der Waals surface area contributed by atoms with E-state index in [1.54, 1.807) is 17.0 Å². The molecule has 3 fully saturated rings. The highest BCUT2D eigenvalue weighted by Gasteiger charge is 2.45. The molecule has 7 nitrogen and oxygen atoms in total. The van der Waals surface area contributed by atoms with E-state index in [9.17, 15) is 18.8 Å². The second-order valence-electron chi connectivity index (χ2n) is 14.7. The Labute approximate surface area is 259 Å². The Morgan fingerprint density at radius 3 is 2.39 bits per heavy atom. The van der Waals surface area contributed by atoms with Crippen LogP contribution in [0.2, 0.25) is 0 Å². The fourth-order valence-electron chi connectivity index (χ4n) is 8.23. The largest absolute Gasteiger partial charge is 0.322 e. The number of piperidine rings is 2. The van der Waals surface area contributed by atoms with Crippen LogP contribution < -0.4 is 5.32 Å². The summed E-state index contributed by atoms with van der Waals surface area (Å²) in [6, 6.07) is 12.6. The quantitative estimate of drug-likeness (QED) is 0.466. The van der Waals surface area contributed by atoms with Gasteiger partial charge in [0.25, 0.3) is 5.91 Å². The van der Waals surface area contributed by atoms with Crippen molar-refractivity contribution in [2.24, 2.45) is 10.8 Å². The van der Waals surface area contributed by atoms with Gasteiger partial charge in [-0.15, -0.1) is 0 Å². The Kier molecular flexibility index (Phi) is 7.48. The molecule has 3 saturated heterocycles. The molecular formula is C36H43FN4O3. The Morgan fingerprint density at radius 2 is 1.66 bits per heavy atom. The molecule has 3 amide bonds. The van der Waals surface area contributed by atoms with Crippen molar-refractivity contribution in [3.8, 4) is 0 Å². The highest BCUT2D eigenvalue weighted by Crippen LogP contribution is 2.45. The first-order chi connectivity index (χ1) is 21.1. The number of benzene rings is 2. The van der Waals surface area contributed by atoms with Crippen molar-refractivity contribution in [3.05, 3.63) is 76.1 Å². The number of hydrogen-bond donors (Lipinski definition) is 1. The van der Waals surface area contributed by atoms with Crippen LogP contribution in [-0.2, 0) is 22.7 Å².